The highest BCUT2D eigenvalue weighted by Gasteiger charge is 2.22. The first kappa shape index (κ1) is 30.2. The predicted octanol–water partition coefficient (Wildman–Crippen LogP) is 14.4. The van der Waals surface area contributed by atoms with E-state index in [2.05, 4.69) is 191 Å². The molecule has 0 saturated heterocycles. The number of para-hydroxylation sites is 2. The molecule has 0 aliphatic heterocycles. The van der Waals surface area contributed by atoms with E-state index in [1.54, 1.807) is 0 Å². The third-order valence-electron chi connectivity index (χ3n) is 11.0. The molecule has 11 rings (SSSR count). The molecule has 0 radical (unpaired) electrons. The summed E-state index contributed by atoms with van der Waals surface area (Å²) in [6, 6.07) is 62.6. The van der Waals surface area contributed by atoms with Crippen molar-refractivity contribution in [1.29, 1.82) is 0 Å². The molecule has 0 unspecified atom stereocenters. The summed E-state index contributed by atoms with van der Waals surface area (Å²) in [6.45, 7) is 0. The van der Waals surface area contributed by atoms with Crippen LogP contribution in [0.2, 0.25) is 0 Å². The molecule has 0 fully saturated rings. The van der Waals surface area contributed by atoms with Gasteiger partial charge in [-0.05, 0) is 100 Å². The molecule has 0 N–H and O–H groups in total. The molecule has 0 atom stereocenters. The van der Waals surface area contributed by atoms with Gasteiger partial charge in [0.2, 0.25) is 0 Å². The summed E-state index contributed by atoms with van der Waals surface area (Å²) < 4.78 is 3.81. The number of rotatable bonds is 5. The zero-order chi connectivity index (χ0) is 34.9. The fourth-order valence-electron chi connectivity index (χ4n) is 8.55. The van der Waals surface area contributed by atoms with Crippen LogP contribution in [-0.2, 0) is 6.42 Å². The van der Waals surface area contributed by atoms with E-state index in [9.17, 15) is 0 Å². The quantitative estimate of drug-likeness (QED) is 0.174. The predicted molar refractivity (Wildman–Crippen MR) is 229 cm³/mol. The van der Waals surface area contributed by atoms with Crippen molar-refractivity contribution in [1.82, 2.24) is 4.57 Å². The van der Waals surface area contributed by atoms with E-state index in [0.29, 0.717) is 0 Å². The molecule has 0 amide bonds. The first-order valence-corrected chi connectivity index (χ1v) is 19.2. The SMILES string of the molecule is C1=Cc2sc3cc(N(c4ccc5ccc6c7ccccc7n(-c7ccc8ccccc8c7)c6c5c4)c4ccccc4-c4ccccc4)ccc3c2CC1. The van der Waals surface area contributed by atoms with Crippen LogP contribution in [0.3, 0.4) is 0 Å². The summed E-state index contributed by atoms with van der Waals surface area (Å²) >= 11 is 1.91. The normalized spacial score (nSPS) is 12.7. The van der Waals surface area contributed by atoms with Gasteiger partial charge in [-0.1, -0.05) is 127 Å². The van der Waals surface area contributed by atoms with Gasteiger partial charge in [0.15, 0.2) is 0 Å². The number of aromatic nitrogens is 1. The van der Waals surface area contributed by atoms with Gasteiger partial charge in [-0.15, -0.1) is 11.3 Å². The molecule has 10 aromatic rings. The first-order chi connectivity index (χ1) is 26.3. The van der Waals surface area contributed by atoms with Crippen LogP contribution >= 0.6 is 11.3 Å². The second kappa shape index (κ2) is 12.1. The molecule has 3 heteroatoms. The Bertz CT molecular complexity index is 3070. The number of fused-ring (bicyclic) bond motifs is 9. The summed E-state index contributed by atoms with van der Waals surface area (Å²) in [6.07, 6.45) is 6.85. The van der Waals surface area contributed by atoms with Crippen LogP contribution in [-0.4, -0.2) is 4.57 Å². The minimum absolute atomic E-state index is 1.11. The van der Waals surface area contributed by atoms with E-state index in [4.69, 9.17) is 0 Å². The zero-order valence-corrected chi connectivity index (χ0v) is 29.9. The van der Waals surface area contributed by atoms with Crippen molar-refractivity contribution in [3.63, 3.8) is 0 Å². The fourth-order valence-corrected chi connectivity index (χ4v) is 9.77. The number of benzene rings is 8. The molecule has 2 aromatic heterocycles. The largest absolute Gasteiger partial charge is 0.310 e. The van der Waals surface area contributed by atoms with Gasteiger partial charge in [0.1, 0.15) is 0 Å². The van der Waals surface area contributed by atoms with Gasteiger partial charge in [-0.25, -0.2) is 0 Å². The van der Waals surface area contributed by atoms with Gasteiger partial charge in [-0.3, -0.25) is 0 Å². The second-order valence-corrected chi connectivity index (χ2v) is 15.1. The summed E-state index contributed by atoms with van der Waals surface area (Å²) in [5.41, 5.74) is 10.9. The Kier molecular flexibility index (Phi) is 6.89. The molecule has 0 saturated carbocycles. The maximum Gasteiger partial charge on any atom is 0.0620 e. The molecule has 1 aliphatic carbocycles. The molecular formula is C50H34N2S. The maximum absolute atomic E-state index is 2.47. The Morgan fingerprint density at radius 2 is 1.26 bits per heavy atom. The number of anilines is 3. The van der Waals surface area contributed by atoms with Crippen LogP contribution in [0.4, 0.5) is 17.1 Å². The second-order valence-electron chi connectivity index (χ2n) is 14.0. The molecule has 250 valence electrons. The van der Waals surface area contributed by atoms with Crippen molar-refractivity contribution in [2.24, 2.45) is 0 Å². The van der Waals surface area contributed by atoms with Gasteiger partial charge in [0, 0.05) is 48.4 Å². The molecule has 2 heterocycles. The third-order valence-corrected chi connectivity index (χ3v) is 12.2. The Labute approximate surface area is 312 Å². The van der Waals surface area contributed by atoms with E-state index < -0.39 is 0 Å². The Morgan fingerprint density at radius 3 is 2.21 bits per heavy atom. The molecular weight excluding hydrogens is 661 g/mol. The highest BCUT2D eigenvalue weighted by atomic mass is 32.1. The van der Waals surface area contributed by atoms with Gasteiger partial charge in [-0.2, -0.15) is 0 Å². The molecule has 1 aliphatic rings. The lowest BCUT2D eigenvalue weighted by Crippen LogP contribution is -2.11. The molecule has 0 bridgehead atoms. The lowest BCUT2D eigenvalue weighted by Gasteiger charge is -2.28. The first-order valence-electron chi connectivity index (χ1n) is 18.4. The average Bonchev–Trinajstić information content (AvgIpc) is 3.77. The number of aryl methyl sites for hydroxylation is 1. The smallest absolute Gasteiger partial charge is 0.0620 e. The number of hydrogen-bond donors (Lipinski definition) is 0. The number of thiophene rings is 1. The van der Waals surface area contributed by atoms with Crippen molar-refractivity contribution in [3.8, 4) is 16.8 Å². The minimum atomic E-state index is 1.11. The van der Waals surface area contributed by atoms with Gasteiger partial charge in [0.25, 0.3) is 0 Å². The zero-order valence-electron chi connectivity index (χ0n) is 29.0. The highest BCUT2D eigenvalue weighted by molar-refractivity contribution is 7.20. The number of hydrogen-bond acceptors (Lipinski definition) is 2. The molecule has 2 nitrogen and oxygen atoms in total. The Balaban J connectivity index is 1.19. The van der Waals surface area contributed by atoms with Crippen LogP contribution in [0.25, 0.3) is 76.3 Å². The molecule has 53 heavy (non-hydrogen) atoms. The van der Waals surface area contributed by atoms with Crippen LogP contribution in [0.1, 0.15) is 16.9 Å². The summed E-state index contributed by atoms with van der Waals surface area (Å²) in [5, 5.41) is 8.83. The van der Waals surface area contributed by atoms with E-state index in [1.807, 2.05) is 11.3 Å². The van der Waals surface area contributed by atoms with Crippen molar-refractivity contribution >= 4 is 87.9 Å². The van der Waals surface area contributed by atoms with Gasteiger partial charge in [0.05, 0.1) is 16.7 Å². The van der Waals surface area contributed by atoms with Gasteiger partial charge < -0.3 is 9.47 Å². The monoisotopic (exact) mass is 694 g/mol. The number of nitrogens with zero attached hydrogens (tertiary/aromatic N) is 2. The van der Waals surface area contributed by atoms with E-state index in [0.717, 1.165) is 29.9 Å². The van der Waals surface area contributed by atoms with Crippen LogP contribution in [0.15, 0.2) is 176 Å². The van der Waals surface area contributed by atoms with Crippen molar-refractivity contribution in [3.05, 3.63) is 186 Å². The fraction of sp³-hybridized carbons (Fsp3) is 0.0400. The average molecular weight is 695 g/mol. The Morgan fingerprint density at radius 1 is 0.528 bits per heavy atom. The van der Waals surface area contributed by atoms with Crippen LogP contribution in [0, 0.1) is 0 Å². The van der Waals surface area contributed by atoms with Crippen molar-refractivity contribution in [2.45, 2.75) is 12.8 Å². The minimum Gasteiger partial charge on any atom is -0.310 e. The van der Waals surface area contributed by atoms with Crippen LogP contribution < -0.4 is 4.90 Å². The topological polar surface area (TPSA) is 8.17 Å². The molecule has 0 spiro atoms. The van der Waals surface area contributed by atoms with E-state index in [1.165, 1.54) is 80.7 Å². The Hall–Kier alpha value is -6.42. The highest BCUT2D eigenvalue weighted by Crippen LogP contribution is 2.46. The van der Waals surface area contributed by atoms with E-state index >= 15 is 0 Å². The van der Waals surface area contributed by atoms with Crippen molar-refractivity contribution in [2.75, 3.05) is 4.90 Å². The third kappa shape index (κ3) is 4.85. The standard InChI is InChI=1S/C50H34N2S/c1-2-13-34(14-3-1)40-16-6-9-19-46(40)51(39-27-29-43-42-18-8-11-21-48(42)53-49(43)32-39)38-26-23-35-24-28-44-41-17-7-10-20-47(41)52(50(44)45(35)31-38)37-25-22-33-12-4-5-15-36(33)30-37/h1-7,9-17,19-32H,8,18H2. The lowest BCUT2D eigenvalue weighted by atomic mass is 9.99. The maximum atomic E-state index is 2.47. The summed E-state index contributed by atoms with van der Waals surface area (Å²) in [7, 11) is 0. The number of allylic oxidation sites excluding steroid dienone is 1. The van der Waals surface area contributed by atoms with E-state index in [-0.39, 0.29) is 0 Å². The molecule has 8 aromatic carbocycles. The van der Waals surface area contributed by atoms with Crippen LogP contribution in [0.5, 0.6) is 0 Å². The summed E-state index contributed by atoms with van der Waals surface area (Å²) in [4.78, 5) is 3.87. The van der Waals surface area contributed by atoms with Crippen molar-refractivity contribution < 1.29 is 0 Å². The lowest BCUT2D eigenvalue weighted by molar-refractivity contribution is 1.01. The summed E-state index contributed by atoms with van der Waals surface area (Å²) in [5.74, 6) is 0. The van der Waals surface area contributed by atoms with Gasteiger partial charge >= 0.3 is 0 Å².